The molecule has 1 amide bonds. The van der Waals surface area contributed by atoms with Gasteiger partial charge in [0.05, 0.1) is 12.7 Å². The monoisotopic (exact) mass is 344 g/mol. The van der Waals surface area contributed by atoms with E-state index in [0.29, 0.717) is 25.4 Å². The van der Waals surface area contributed by atoms with E-state index in [0.717, 1.165) is 18.4 Å². The van der Waals surface area contributed by atoms with Crippen LogP contribution in [0.2, 0.25) is 0 Å². The average Bonchev–Trinajstić information content (AvgIpc) is 2.65. The molecule has 1 fully saturated rings. The van der Waals surface area contributed by atoms with Crippen molar-refractivity contribution in [2.75, 3.05) is 19.7 Å². The fraction of sp³-hybridized carbons (Fsp3) is 0.368. The Bertz CT molecular complexity index is 696. The zero-order valence-corrected chi connectivity index (χ0v) is 13.9. The number of carbonyl (C=O) groups excluding carboxylic acids is 1. The number of hydrogen-bond acceptors (Lipinski definition) is 4. The van der Waals surface area contributed by atoms with E-state index in [-0.39, 0.29) is 24.4 Å². The fourth-order valence-electron chi connectivity index (χ4n) is 2.79. The van der Waals surface area contributed by atoms with Gasteiger partial charge in [-0.25, -0.2) is 4.39 Å². The van der Waals surface area contributed by atoms with Gasteiger partial charge < -0.3 is 14.4 Å². The molecule has 1 saturated heterocycles. The number of rotatable bonds is 6. The van der Waals surface area contributed by atoms with E-state index in [1.807, 2.05) is 12.1 Å². The molecule has 1 aliphatic rings. The first-order valence-corrected chi connectivity index (χ1v) is 8.37. The van der Waals surface area contributed by atoms with Crippen molar-refractivity contribution in [3.8, 4) is 5.75 Å². The minimum Gasteiger partial charge on any atom is -0.484 e. The van der Waals surface area contributed by atoms with Gasteiger partial charge >= 0.3 is 0 Å². The minimum absolute atomic E-state index is 0.00655. The maximum atomic E-state index is 13.1. The number of halogens is 1. The van der Waals surface area contributed by atoms with Gasteiger partial charge in [0.25, 0.3) is 5.91 Å². The Morgan fingerprint density at radius 2 is 2.24 bits per heavy atom. The molecule has 0 aliphatic carbocycles. The number of nitrogens with zero attached hydrogens (tertiary/aromatic N) is 2. The minimum atomic E-state index is -0.383. The lowest BCUT2D eigenvalue weighted by molar-refractivity contribution is -0.137. The molecule has 0 radical (unpaired) electrons. The molecule has 0 unspecified atom stereocenters. The van der Waals surface area contributed by atoms with Gasteiger partial charge in [-0.2, -0.15) is 0 Å². The summed E-state index contributed by atoms with van der Waals surface area (Å²) in [5, 5.41) is 0. The highest BCUT2D eigenvalue weighted by molar-refractivity contribution is 5.77. The maximum Gasteiger partial charge on any atom is 0.260 e. The number of amides is 1. The van der Waals surface area contributed by atoms with Crippen molar-refractivity contribution in [3.05, 3.63) is 60.2 Å². The standard InChI is InChI=1S/C19H21FN2O3/c20-16-5-1-6-17(10-16)25-14-19(23)22-9-3-7-18(12-22)24-13-15-4-2-8-21-11-15/h1-2,4-6,8,10-11,18H,3,7,9,12-14H2/t18-/m1/s1. The van der Waals surface area contributed by atoms with Crippen LogP contribution in [0.1, 0.15) is 18.4 Å². The second-order valence-electron chi connectivity index (χ2n) is 6.02. The molecular formula is C19H21FN2O3. The lowest BCUT2D eigenvalue weighted by atomic mass is 10.1. The summed E-state index contributed by atoms with van der Waals surface area (Å²) in [6.07, 6.45) is 5.33. The van der Waals surface area contributed by atoms with Crippen LogP contribution in [-0.2, 0) is 16.1 Å². The molecule has 0 spiro atoms. The molecule has 0 bridgehead atoms. The molecule has 2 heterocycles. The van der Waals surface area contributed by atoms with Crippen molar-refractivity contribution in [3.63, 3.8) is 0 Å². The van der Waals surface area contributed by atoms with E-state index < -0.39 is 0 Å². The molecule has 1 aromatic carbocycles. The summed E-state index contributed by atoms with van der Waals surface area (Å²) in [4.78, 5) is 18.1. The van der Waals surface area contributed by atoms with E-state index >= 15 is 0 Å². The Hall–Kier alpha value is -2.47. The van der Waals surface area contributed by atoms with Crippen LogP contribution in [0.4, 0.5) is 4.39 Å². The Morgan fingerprint density at radius 3 is 3.04 bits per heavy atom. The van der Waals surface area contributed by atoms with Crippen molar-refractivity contribution < 1.29 is 18.7 Å². The van der Waals surface area contributed by atoms with Gasteiger partial charge in [0.15, 0.2) is 6.61 Å². The molecule has 25 heavy (non-hydrogen) atoms. The maximum absolute atomic E-state index is 13.1. The SMILES string of the molecule is O=C(COc1cccc(F)c1)N1CCC[C@@H](OCc2cccnc2)C1. The predicted molar refractivity (Wildman–Crippen MR) is 90.5 cm³/mol. The highest BCUT2D eigenvalue weighted by Crippen LogP contribution is 2.16. The first kappa shape index (κ1) is 17.4. The van der Waals surface area contributed by atoms with Crippen molar-refractivity contribution >= 4 is 5.91 Å². The Balaban J connectivity index is 1.46. The Labute approximate surface area is 146 Å². The van der Waals surface area contributed by atoms with Crippen LogP contribution in [0, 0.1) is 5.82 Å². The summed E-state index contributed by atoms with van der Waals surface area (Å²) in [5.41, 5.74) is 1.01. The lowest BCUT2D eigenvalue weighted by Gasteiger charge is -2.32. The zero-order valence-electron chi connectivity index (χ0n) is 13.9. The van der Waals surface area contributed by atoms with Gasteiger partial charge in [-0.15, -0.1) is 0 Å². The number of carbonyl (C=O) groups is 1. The predicted octanol–water partition coefficient (Wildman–Crippen LogP) is 2.81. The number of aromatic nitrogens is 1. The van der Waals surface area contributed by atoms with Crippen molar-refractivity contribution in [2.24, 2.45) is 0 Å². The van der Waals surface area contributed by atoms with Crippen LogP contribution in [0.25, 0.3) is 0 Å². The third-order valence-corrected chi connectivity index (χ3v) is 4.10. The van der Waals surface area contributed by atoms with E-state index in [1.165, 1.54) is 12.1 Å². The van der Waals surface area contributed by atoms with E-state index in [1.54, 1.807) is 29.4 Å². The van der Waals surface area contributed by atoms with Gasteiger partial charge in [0.2, 0.25) is 0 Å². The third-order valence-electron chi connectivity index (χ3n) is 4.10. The third kappa shape index (κ3) is 5.26. The molecule has 1 atom stereocenters. The molecule has 3 rings (SSSR count). The zero-order chi connectivity index (χ0) is 17.5. The number of piperidine rings is 1. The molecule has 0 saturated carbocycles. The summed E-state index contributed by atoms with van der Waals surface area (Å²) in [7, 11) is 0. The van der Waals surface area contributed by atoms with Gasteiger partial charge in [-0.3, -0.25) is 9.78 Å². The summed E-state index contributed by atoms with van der Waals surface area (Å²) in [5.74, 6) is -0.138. The number of hydrogen-bond donors (Lipinski definition) is 0. The summed E-state index contributed by atoms with van der Waals surface area (Å²) >= 11 is 0. The highest BCUT2D eigenvalue weighted by atomic mass is 19.1. The number of pyridine rings is 1. The van der Waals surface area contributed by atoms with Crippen LogP contribution >= 0.6 is 0 Å². The van der Waals surface area contributed by atoms with Crippen LogP contribution < -0.4 is 4.74 Å². The summed E-state index contributed by atoms with van der Waals surface area (Å²) in [6.45, 7) is 1.63. The second kappa shape index (κ2) is 8.58. The molecule has 6 heteroatoms. The summed E-state index contributed by atoms with van der Waals surface area (Å²) < 4.78 is 24.4. The first-order chi connectivity index (χ1) is 12.2. The van der Waals surface area contributed by atoms with Crippen LogP contribution in [-0.4, -0.2) is 41.6 Å². The molecule has 0 N–H and O–H groups in total. The lowest BCUT2D eigenvalue weighted by Crippen LogP contribution is -2.45. The van der Waals surface area contributed by atoms with Crippen molar-refractivity contribution in [1.29, 1.82) is 0 Å². The highest BCUT2D eigenvalue weighted by Gasteiger charge is 2.24. The van der Waals surface area contributed by atoms with Crippen molar-refractivity contribution in [2.45, 2.75) is 25.6 Å². The van der Waals surface area contributed by atoms with Crippen LogP contribution in [0.5, 0.6) is 5.75 Å². The fourth-order valence-corrected chi connectivity index (χ4v) is 2.79. The number of ether oxygens (including phenoxy) is 2. The van der Waals surface area contributed by atoms with E-state index in [2.05, 4.69) is 4.98 Å². The molecule has 5 nitrogen and oxygen atoms in total. The normalized spacial score (nSPS) is 17.3. The van der Waals surface area contributed by atoms with Crippen LogP contribution in [0.15, 0.2) is 48.8 Å². The molecule has 2 aromatic rings. The van der Waals surface area contributed by atoms with E-state index in [9.17, 15) is 9.18 Å². The first-order valence-electron chi connectivity index (χ1n) is 8.37. The largest absolute Gasteiger partial charge is 0.484 e. The van der Waals surface area contributed by atoms with E-state index in [4.69, 9.17) is 9.47 Å². The topological polar surface area (TPSA) is 51.7 Å². The smallest absolute Gasteiger partial charge is 0.260 e. The molecular weight excluding hydrogens is 323 g/mol. The summed E-state index contributed by atoms with van der Waals surface area (Å²) in [6, 6.07) is 9.63. The molecule has 1 aromatic heterocycles. The second-order valence-corrected chi connectivity index (χ2v) is 6.02. The van der Waals surface area contributed by atoms with Crippen LogP contribution in [0.3, 0.4) is 0 Å². The number of likely N-dealkylation sites (tertiary alicyclic amines) is 1. The Morgan fingerprint density at radius 1 is 1.32 bits per heavy atom. The van der Waals surface area contributed by atoms with Gasteiger partial charge in [0, 0.05) is 31.5 Å². The number of benzene rings is 1. The molecule has 1 aliphatic heterocycles. The van der Waals surface area contributed by atoms with Gasteiger partial charge in [0.1, 0.15) is 11.6 Å². The van der Waals surface area contributed by atoms with Gasteiger partial charge in [-0.1, -0.05) is 12.1 Å². The van der Waals surface area contributed by atoms with Crippen molar-refractivity contribution in [1.82, 2.24) is 9.88 Å². The molecule has 132 valence electrons. The Kier molecular flexibility index (Phi) is 5.95. The van der Waals surface area contributed by atoms with Gasteiger partial charge in [-0.05, 0) is 36.6 Å². The average molecular weight is 344 g/mol. The quantitative estimate of drug-likeness (QED) is 0.809.